The van der Waals surface area contributed by atoms with Gasteiger partial charge in [-0.2, -0.15) is 23.5 Å². The third-order valence-electron chi connectivity index (χ3n) is 17.5. The molecule has 101 heavy (non-hydrogen) atoms. The second-order valence-corrected chi connectivity index (χ2v) is 27.2. The lowest BCUT2D eigenvalue weighted by Gasteiger charge is -2.37. The minimum absolute atomic E-state index is 0.00564. The molecule has 28 nitrogen and oxygen atoms in total. The topological polar surface area (TPSA) is 440 Å². The number of thioether (sulfide) groups is 2. The number of aromatic hydroxyl groups is 1. The van der Waals surface area contributed by atoms with Crippen LogP contribution in [0.1, 0.15) is 85.4 Å². The Kier molecular flexibility index (Phi) is 26.0. The Balaban J connectivity index is 1.06. The lowest BCUT2D eigenvalue weighted by molar-refractivity contribution is -0.147. The summed E-state index contributed by atoms with van der Waals surface area (Å²) in [4.78, 5) is 171. The number of halogens is 2. The first kappa shape index (κ1) is 74.9. The fourth-order valence-electron chi connectivity index (χ4n) is 12.2. The van der Waals surface area contributed by atoms with E-state index >= 15 is 19.2 Å². The van der Waals surface area contributed by atoms with Crippen molar-refractivity contribution in [3.63, 3.8) is 0 Å². The van der Waals surface area contributed by atoms with Crippen LogP contribution < -0.4 is 54.0 Å². The summed E-state index contributed by atoms with van der Waals surface area (Å²) in [6.45, 7) is 1.07. The molecule has 0 radical (unpaired) electrons. The van der Waals surface area contributed by atoms with E-state index in [1.807, 2.05) is 24.3 Å². The Morgan fingerprint density at radius 3 is 1.86 bits per heavy atom. The number of carboxylic acids is 1. The monoisotopic (exact) mass is 1430 g/mol. The summed E-state index contributed by atoms with van der Waals surface area (Å²) in [5.41, 5.74) is 13.9. The minimum Gasteiger partial charge on any atom is -0.508 e. The van der Waals surface area contributed by atoms with Gasteiger partial charge in [0.05, 0.1) is 19.3 Å². The number of H-pyrrole nitrogens is 3. The molecule has 4 aromatic carbocycles. The number of hydrogen-bond donors (Lipinski definition) is 15. The molecular weight excluding hydrogens is 1350 g/mol. The van der Waals surface area contributed by atoms with E-state index in [0.717, 1.165) is 17.2 Å². The zero-order chi connectivity index (χ0) is 72.3. The number of hydrogen-bond acceptors (Lipinski definition) is 16. The van der Waals surface area contributed by atoms with E-state index in [1.165, 1.54) is 109 Å². The third kappa shape index (κ3) is 20.6. The molecule has 0 spiro atoms. The summed E-state index contributed by atoms with van der Waals surface area (Å²) < 4.78 is 29.8. The van der Waals surface area contributed by atoms with Gasteiger partial charge in [-0.1, -0.05) is 36.4 Å². The Bertz CT molecular complexity index is 4180. The predicted molar refractivity (Wildman–Crippen MR) is 372 cm³/mol. The standard InChI is InChI=1S/C69H81F2N15O13S2/c1-69-17-6-19-86(69)67(98)56(23-38-7-5-10-46(87)22-38)84-65(96)54(28-45-32-74-37-78-45)82-66(97)55(29-60(90)91)83-64(95)53(25-42-31-76-50-15-13-44(71)27-48(42)50)81-63(94)52(24-41-30-75-49-14-12-43(70)26-47(41)49)80-59(89)33-77-62(93)51(11-2-3-18-72)79-58(88)16-20-100-34-39-8-4-9-40(21-39)35-101-36-57(61(73)92)85-68(69)99/h4-5,7-10,12-15,21-22,26-27,30-32,37,51-57,75-76,87H,2-3,6,11,16-20,23-25,28-29,33-36,72H2,1H3,(H2,73,92)(H,74,78)(H,77,93)(H,79,88)(H,80,89)(H,81,94)(H,82,97)(H,83,95)(H,84,96)(H,85,99)(H,90,91)/t51-,52-,53-,54-,55-,56-,57-,69-/m0/s1. The Morgan fingerprint density at radius 2 is 1.25 bits per heavy atom. The van der Waals surface area contributed by atoms with E-state index in [0.29, 0.717) is 70.6 Å². The van der Waals surface area contributed by atoms with Crippen LogP contribution >= 0.6 is 23.5 Å². The largest absolute Gasteiger partial charge is 0.508 e. The fraction of sp³-hybridized carbons (Fsp3) is 0.391. The van der Waals surface area contributed by atoms with Gasteiger partial charge in [-0.15, -0.1) is 0 Å². The van der Waals surface area contributed by atoms with E-state index in [2.05, 4.69) is 62.5 Å². The first-order chi connectivity index (χ1) is 48.4. The van der Waals surface area contributed by atoms with Crippen molar-refractivity contribution in [3.05, 3.63) is 155 Å². The summed E-state index contributed by atoms with van der Waals surface area (Å²) in [5, 5.41) is 42.4. The fourth-order valence-corrected chi connectivity index (χ4v) is 14.1. The molecule has 1 fully saturated rings. The van der Waals surface area contributed by atoms with Gasteiger partial charge in [-0.3, -0.25) is 52.7 Å². The van der Waals surface area contributed by atoms with E-state index in [4.69, 9.17) is 11.5 Å². The van der Waals surface area contributed by atoms with Gasteiger partial charge in [0.1, 0.15) is 65.2 Å². The quantitative estimate of drug-likeness (QED) is 0.0654. The second-order valence-electron chi connectivity index (χ2n) is 25.1. The average Bonchev–Trinajstić information content (AvgIpc) is 1.69. The molecule has 0 aliphatic carbocycles. The van der Waals surface area contributed by atoms with Crippen molar-refractivity contribution >= 4 is 110 Å². The summed E-state index contributed by atoms with van der Waals surface area (Å²) in [6, 6.07) is 10.0. The van der Waals surface area contributed by atoms with Gasteiger partial charge in [0.2, 0.25) is 59.1 Å². The molecule has 2 aliphatic heterocycles. The Labute approximate surface area is 587 Å². The van der Waals surface area contributed by atoms with Crippen LogP contribution in [-0.2, 0) is 89.9 Å². The van der Waals surface area contributed by atoms with Gasteiger partial charge in [0.15, 0.2) is 0 Å². The molecule has 17 N–H and O–H groups in total. The van der Waals surface area contributed by atoms with Gasteiger partial charge < -0.3 is 84.1 Å². The van der Waals surface area contributed by atoms with Crippen LogP contribution in [0.3, 0.4) is 0 Å². The molecule has 3 aromatic heterocycles. The number of carboxylic acid groups (broad SMARTS) is 1. The maximum absolute atomic E-state index is 15.2. The molecule has 8 atom stereocenters. The number of aromatic amines is 3. The number of aromatic nitrogens is 4. The normalized spacial score (nSPS) is 22.7. The highest BCUT2D eigenvalue weighted by molar-refractivity contribution is 7.98. The van der Waals surface area contributed by atoms with Crippen LogP contribution in [0.25, 0.3) is 21.8 Å². The first-order valence-electron chi connectivity index (χ1n) is 32.8. The van der Waals surface area contributed by atoms with Crippen LogP contribution in [0, 0.1) is 11.6 Å². The second kappa shape index (κ2) is 35.1. The molecule has 0 unspecified atom stereocenters. The van der Waals surface area contributed by atoms with E-state index < -0.39 is 144 Å². The number of aliphatic carboxylic acids is 1. The van der Waals surface area contributed by atoms with Gasteiger partial charge in [0.25, 0.3) is 0 Å². The SMILES string of the molecule is C[C@@]12CCCN1C(=O)[C@H](Cc1cccc(O)c1)NC(=O)[C@H](Cc1cnc[nH]1)NC(=O)[C@H](CC(=O)O)NC(=O)[C@H](Cc1c[nH]c3ccc(F)cc13)NC(=O)[C@H](Cc1c[nH]c3ccc(F)cc13)NC(=O)CNC(=O)[C@H](CCCCN)NC(=O)CCSCc1cccc(c1)CSC[C@@H](C(N)=O)NC2=O. The molecule has 9 rings (SSSR count). The van der Waals surface area contributed by atoms with Crippen molar-refractivity contribution in [1.82, 2.24) is 67.4 Å². The van der Waals surface area contributed by atoms with Crippen molar-refractivity contribution in [1.29, 1.82) is 0 Å². The van der Waals surface area contributed by atoms with Crippen molar-refractivity contribution in [2.45, 2.75) is 137 Å². The van der Waals surface area contributed by atoms with Gasteiger partial charge in [-0.05, 0) is 122 Å². The van der Waals surface area contributed by atoms with Crippen LogP contribution in [0.15, 0.2) is 110 Å². The number of fused-ring (bicyclic) bond motifs is 5. The first-order valence-corrected chi connectivity index (χ1v) is 35.2. The number of carbonyl (C=O) groups is 11. The zero-order valence-corrected chi connectivity index (χ0v) is 56.8. The smallest absolute Gasteiger partial charge is 0.305 e. The van der Waals surface area contributed by atoms with Crippen molar-refractivity contribution in [2.24, 2.45) is 11.5 Å². The van der Waals surface area contributed by atoms with Gasteiger partial charge in [0, 0.05) is 108 Å². The molecule has 2 bridgehead atoms. The minimum atomic E-state index is -2.05. The highest BCUT2D eigenvalue weighted by atomic mass is 32.2. The number of benzene rings is 4. The lowest BCUT2D eigenvalue weighted by atomic mass is 9.95. The number of carbonyl (C=O) groups excluding carboxylic acids is 10. The van der Waals surface area contributed by atoms with Crippen LogP contribution in [-0.4, -0.2) is 179 Å². The third-order valence-corrected chi connectivity index (χ3v) is 19.7. The average molecular weight is 1430 g/mol. The van der Waals surface area contributed by atoms with Crippen molar-refractivity contribution < 1.29 is 71.7 Å². The van der Waals surface area contributed by atoms with E-state index in [-0.39, 0.29) is 73.2 Å². The number of nitrogens with two attached hydrogens (primary N) is 2. The highest BCUT2D eigenvalue weighted by Crippen LogP contribution is 2.32. The van der Waals surface area contributed by atoms with Crippen LogP contribution in [0.4, 0.5) is 8.78 Å². The maximum atomic E-state index is 15.2. The number of amides is 10. The molecule has 1 saturated heterocycles. The predicted octanol–water partition coefficient (Wildman–Crippen LogP) is 2.18. The number of phenolic OH excluding ortho intramolecular Hbond substituents is 1. The van der Waals surface area contributed by atoms with E-state index in [9.17, 15) is 52.6 Å². The molecular formula is C69H81F2N15O13S2. The number of nitrogens with zero attached hydrogens (tertiary/aromatic N) is 2. The number of nitrogens with one attached hydrogen (secondary N) is 11. The molecule has 5 heterocycles. The zero-order valence-electron chi connectivity index (χ0n) is 55.2. The molecule has 536 valence electrons. The Morgan fingerprint density at radius 1 is 0.653 bits per heavy atom. The number of phenols is 1. The number of imidazole rings is 1. The van der Waals surface area contributed by atoms with E-state index in [1.54, 1.807) is 6.07 Å². The van der Waals surface area contributed by atoms with Gasteiger partial charge >= 0.3 is 5.97 Å². The highest BCUT2D eigenvalue weighted by Gasteiger charge is 2.49. The van der Waals surface area contributed by atoms with Crippen LogP contribution in [0.2, 0.25) is 0 Å². The lowest BCUT2D eigenvalue weighted by Crippen LogP contribution is -2.63. The summed E-state index contributed by atoms with van der Waals surface area (Å²) in [6.07, 6.45) is 4.35. The molecule has 7 aromatic rings. The molecule has 10 amide bonds. The Hall–Kier alpha value is -10.3. The van der Waals surface area contributed by atoms with Crippen molar-refractivity contribution in [2.75, 3.05) is 31.1 Å². The maximum Gasteiger partial charge on any atom is 0.305 e. The van der Waals surface area contributed by atoms with Crippen LogP contribution in [0.5, 0.6) is 5.75 Å². The number of unbranched alkanes of at least 4 members (excludes halogenated alkanes) is 1. The van der Waals surface area contributed by atoms with Crippen molar-refractivity contribution in [3.8, 4) is 5.75 Å². The summed E-state index contributed by atoms with van der Waals surface area (Å²) in [5.74, 6) is -10.8. The summed E-state index contributed by atoms with van der Waals surface area (Å²) >= 11 is 2.78. The summed E-state index contributed by atoms with van der Waals surface area (Å²) in [7, 11) is 0. The molecule has 0 saturated carbocycles. The van der Waals surface area contributed by atoms with Gasteiger partial charge in [-0.25, -0.2) is 13.8 Å². The molecule has 32 heteroatoms. The number of rotatable bonds is 15. The number of primary amides is 1. The molecule has 2 aliphatic rings.